The third-order valence-corrected chi connectivity index (χ3v) is 4.29. The quantitative estimate of drug-likeness (QED) is 0.907. The molecule has 112 valence electrons. The van der Waals surface area contributed by atoms with Crippen LogP contribution in [0.3, 0.4) is 0 Å². The molecule has 1 aromatic carbocycles. The van der Waals surface area contributed by atoms with Crippen molar-refractivity contribution in [2.45, 2.75) is 31.8 Å². The molecule has 3 nitrogen and oxygen atoms in total. The molecule has 0 radical (unpaired) electrons. The Bertz CT molecular complexity index is 419. The molecule has 0 aliphatic carbocycles. The Balaban J connectivity index is 2.07. The second kappa shape index (κ2) is 7.41. The molecule has 0 aromatic heterocycles. The average Bonchev–Trinajstić information content (AvgIpc) is 2.39. The molecule has 1 aliphatic rings. The van der Waals surface area contributed by atoms with Crippen LogP contribution in [-0.2, 0) is 4.74 Å². The van der Waals surface area contributed by atoms with E-state index in [-0.39, 0.29) is 12.1 Å². The van der Waals surface area contributed by atoms with Crippen LogP contribution in [0.25, 0.3) is 0 Å². The van der Waals surface area contributed by atoms with E-state index in [0.717, 1.165) is 37.6 Å². The molecule has 2 rings (SSSR count). The van der Waals surface area contributed by atoms with Gasteiger partial charge in [-0.1, -0.05) is 23.7 Å². The lowest BCUT2D eigenvalue weighted by Crippen LogP contribution is -2.40. The van der Waals surface area contributed by atoms with E-state index in [1.54, 1.807) is 0 Å². The molecule has 2 N–H and O–H groups in total. The summed E-state index contributed by atoms with van der Waals surface area (Å²) in [6, 6.07) is 8.31. The maximum atomic E-state index is 6.22. The normalized spacial score (nSPS) is 20.1. The number of likely N-dealkylation sites (N-methyl/N-ethyl adjacent to an activating group) is 1. The van der Waals surface area contributed by atoms with E-state index in [9.17, 15) is 0 Å². The molecule has 1 saturated heterocycles. The van der Waals surface area contributed by atoms with Crippen LogP contribution in [0, 0.1) is 5.92 Å². The van der Waals surface area contributed by atoms with Gasteiger partial charge in [-0.3, -0.25) is 4.90 Å². The van der Waals surface area contributed by atoms with Crippen molar-refractivity contribution in [2.75, 3.05) is 26.8 Å². The van der Waals surface area contributed by atoms with Gasteiger partial charge in [0.25, 0.3) is 0 Å². The maximum Gasteiger partial charge on any atom is 0.0494 e. The van der Waals surface area contributed by atoms with Crippen LogP contribution in [0.5, 0.6) is 0 Å². The molecule has 1 aliphatic heterocycles. The van der Waals surface area contributed by atoms with Crippen LogP contribution in [0.15, 0.2) is 24.3 Å². The summed E-state index contributed by atoms with van der Waals surface area (Å²) in [7, 11) is 2.16. The first-order chi connectivity index (χ1) is 9.58. The van der Waals surface area contributed by atoms with Crippen molar-refractivity contribution >= 4 is 11.6 Å². The van der Waals surface area contributed by atoms with Gasteiger partial charge in [-0.15, -0.1) is 0 Å². The molecule has 0 spiro atoms. The van der Waals surface area contributed by atoms with Gasteiger partial charge in [0.15, 0.2) is 0 Å². The fourth-order valence-electron chi connectivity index (χ4n) is 3.10. The van der Waals surface area contributed by atoms with E-state index in [4.69, 9.17) is 22.1 Å². The summed E-state index contributed by atoms with van der Waals surface area (Å²) in [5.41, 5.74) is 7.41. The van der Waals surface area contributed by atoms with Crippen LogP contribution >= 0.6 is 11.6 Å². The van der Waals surface area contributed by atoms with Crippen molar-refractivity contribution in [1.29, 1.82) is 0 Å². The van der Waals surface area contributed by atoms with Gasteiger partial charge in [0, 0.05) is 36.9 Å². The fraction of sp³-hybridized carbons (Fsp3) is 0.625. The summed E-state index contributed by atoms with van der Waals surface area (Å²) < 4.78 is 5.43. The highest BCUT2D eigenvalue weighted by atomic mass is 35.5. The highest BCUT2D eigenvalue weighted by molar-refractivity contribution is 6.30. The van der Waals surface area contributed by atoms with Crippen molar-refractivity contribution in [1.82, 2.24) is 4.90 Å². The molecule has 1 heterocycles. The van der Waals surface area contributed by atoms with Crippen LogP contribution in [-0.4, -0.2) is 37.7 Å². The van der Waals surface area contributed by atoms with Gasteiger partial charge >= 0.3 is 0 Å². The fourth-order valence-corrected chi connectivity index (χ4v) is 3.30. The first-order valence-electron chi connectivity index (χ1n) is 7.37. The monoisotopic (exact) mass is 296 g/mol. The van der Waals surface area contributed by atoms with Crippen molar-refractivity contribution in [3.8, 4) is 0 Å². The Morgan fingerprint density at radius 1 is 1.40 bits per heavy atom. The molecule has 1 aromatic rings. The molecule has 2 atom stereocenters. The van der Waals surface area contributed by atoms with Crippen molar-refractivity contribution in [3.05, 3.63) is 34.9 Å². The SMILES string of the molecule is CC(N)C(c1cccc(Cl)c1)N(C)CC1CCOCC1. The van der Waals surface area contributed by atoms with Gasteiger partial charge in [-0.2, -0.15) is 0 Å². The number of nitrogens with zero attached hydrogens (tertiary/aromatic N) is 1. The molecule has 20 heavy (non-hydrogen) atoms. The second-order valence-electron chi connectivity index (χ2n) is 5.85. The van der Waals surface area contributed by atoms with E-state index < -0.39 is 0 Å². The molecular weight excluding hydrogens is 272 g/mol. The van der Waals surface area contributed by atoms with Crippen LogP contribution in [0.1, 0.15) is 31.4 Å². The lowest BCUT2D eigenvalue weighted by Gasteiger charge is -2.35. The summed E-state index contributed by atoms with van der Waals surface area (Å²) >= 11 is 6.11. The average molecular weight is 297 g/mol. The van der Waals surface area contributed by atoms with E-state index in [1.807, 2.05) is 18.2 Å². The molecule has 2 unspecified atom stereocenters. The summed E-state index contributed by atoms with van der Waals surface area (Å²) in [6.07, 6.45) is 2.29. The van der Waals surface area contributed by atoms with Crippen molar-refractivity contribution in [3.63, 3.8) is 0 Å². The van der Waals surface area contributed by atoms with E-state index >= 15 is 0 Å². The van der Waals surface area contributed by atoms with Gasteiger partial charge < -0.3 is 10.5 Å². The number of nitrogens with two attached hydrogens (primary N) is 1. The number of hydrogen-bond donors (Lipinski definition) is 1. The molecular formula is C16H25ClN2O. The Hall–Kier alpha value is -0.610. The summed E-state index contributed by atoms with van der Waals surface area (Å²) in [5.74, 6) is 0.703. The van der Waals surface area contributed by atoms with Gasteiger partial charge in [0.1, 0.15) is 0 Å². The molecule has 1 fully saturated rings. The minimum Gasteiger partial charge on any atom is -0.381 e. The number of halogens is 1. The summed E-state index contributed by atoms with van der Waals surface area (Å²) in [6.45, 7) is 4.89. The van der Waals surface area contributed by atoms with E-state index in [0.29, 0.717) is 5.92 Å². The predicted molar refractivity (Wildman–Crippen MR) is 84.0 cm³/mol. The molecule has 0 bridgehead atoms. The molecule has 4 heteroatoms. The minimum absolute atomic E-state index is 0.0679. The maximum absolute atomic E-state index is 6.22. The zero-order valence-electron chi connectivity index (χ0n) is 12.4. The standard InChI is InChI=1S/C16H25ClN2O/c1-12(18)16(14-4-3-5-15(17)10-14)19(2)11-13-6-8-20-9-7-13/h3-5,10,12-13,16H,6-9,11,18H2,1-2H3. The van der Waals surface area contributed by atoms with Gasteiger partial charge in [0.05, 0.1) is 0 Å². The minimum atomic E-state index is 0.0679. The highest BCUT2D eigenvalue weighted by Gasteiger charge is 2.24. The van der Waals surface area contributed by atoms with Gasteiger partial charge in [-0.25, -0.2) is 0 Å². The lowest BCUT2D eigenvalue weighted by molar-refractivity contribution is 0.0487. The Labute approximate surface area is 127 Å². The predicted octanol–water partition coefficient (Wildman–Crippen LogP) is 3.09. The number of ether oxygens (including phenoxy) is 1. The third kappa shape index (κ3) is 4.19. The van der Waals surface area contributed by atoms with Crippen LogP contribution in [0.2, 0.25) is 5.02 Å². The highest BCUT2D eigenvalue weighted by Crippen LogP contribution is 2.27. The van der Waals surface area contributed by atoms with E-state index in [1.165, 1.54) is 5.56 Å². The molecule has 0 amide bonds. The first kappa shape index (κ1) is 15.8. The smallest absolute Gasteiger partial charge is 0.0494 e. The zero-order chi connectivity index (χ0) is 14.5. The largest absolute Gasteiger partial charge is 0.381 e. The number of hydrogen-bond acceptors (Lipinski definition) is 3. The topological polar surface area (TPSA) is 38.5 Å². The number of benzene rings is 1. The third-order valence-electron chi connectivity index (χ3n) is 4.05. The molecule has 0 saturated carbocycles. The van der Waals surface area contributed by atoms with E-state index in [2.05, 4.69) is 24.9 Å². The van der Waals surface area contributed by atoms with Gasteiger partial charge in [-0.05, 0) is 50.4 Å². The zero-order valence-corrected chi connectivity index (χ0v) is 13.1. The van der Waals surface area contributed by atoms with Crippen LogP contribution in [0.4, 0.5) is 0 Å². The Morgan fingerprint density at radius 3 is 2.70 bits per heavy atom. The number of rotatable bonds is 5. The second-order valence-corrected chi connectivity index (χ2v) is 6.29. The van der Waals surface area contributed by atoms with Crippen LogP contribution < -0.4 is 5.73 Å². The van der Waals surface area contributed by atoms with Crippen molar-refractivity contribution < 1.29 is 4.74 Å². The van der Waals surface area contributed by atoms with Crippen molar-refractivity contribution in [2.24, 2.45) is 11.7 Å². The Morgan fingerprint density at radius 2 is 2.10 bits per heavy atom. The first-order valence-corrected chi connectivity index (χ1v) is 7.74. The van der Waals surface area contributed by atoms with Gasteiger partial charge in [0.2, 0.25) is 0 Å². The summed E-state index contributed by atoms with van der Waals surface area (Å²) in [5, 5.41) is 0.771. The summed E-state index contributed by atoms with van der Waals surface area (Å²) in [4.78, 5) is 2.37. The Kier molecular flexibility index (Phi) is 5.85. The lowest BCUT2D eigenvalue weighted by atomic mass is 9.95.